The van der Waals surface area contributed by atoms with Gasteiger partial charge in [0, 0.05) is 19.3 Å². The van der Waals surface area contributed by atoms with Gasteiger partial charge in [0.25, 0.3) is 5.13 Å². The first kappa shape index (κ1) is 25.8. The summed E-state index contributed by atoms with van der Waals surface area (Å²) in [6, 6.07) is 3.00. The van der Waals surface area contributed by atoms with Crippen molar-refractivity contribution in [1.82, 2.24) is 10.2 Å². The summed E-state index contributed by atoms with van der Waals surface area (Å²) in [4.78, 5) is 14.0. The maximum absolute atomic E-state index is 12.7. The summed E-state index contributed by atoms with van der Waals surface area (Å²) in [7, 11) is -2.95. The Bertz CT molecular complexity index is 1210. The Hall–Kier alpha value is -2.81. The number of nitrogens with zero attached hydrogens (tertiary/aromatic N) is 5. The highest BCUT2D eigenvalue weighted by molar-refractivity contribution is 7.92. The minimum Gasteiger partial charge on any atom is -0.455 e. The van der Waals surface area contributed by atoms with Crippen LogP contribution in [0.15, 0.2) is 22.4 Å². The van der Waals surface area contributed by atoms with Crippen molar-refractivity contribution in [3.05, 3.63) is 22.7 Å². The zero-order valence-corrected chi connectivity index (χ0v) is 20.4. The molecule has 1 aliphatic heterocycles. The number of hydrogen-bond acceptors (Lipinski definition) is 10. The van der Waals surface area contributed by atoms with Gasteiger partial charge in [-0.2, -0.15) is 13.2 Å². The van der Waals surface area contributed by atoms with Crippen LogP contribution in [0.1, 0.15) is 42.6 Å². The molecular weight excluding hydrogens is 497 g/mol. The van der Waals surface area contributed by atoms with Crippen LogP contribution in [0.3, 0.4) is 0 Å². The third kappa shape index (κ3) is 7.09. The lowest BCUT2D eigenvalue weighted by molar-refractivity contribution is -0.106. The molecular formula is C19H23F3N6O4S2. The Balaban J connectivity index is 1.93. The maximum Gasteiger partial charge on any atom is 0.404 e. The van der Waals surface area contributed by atoms with Crippen LogP contribution in [-0.2, 0) is 21.2 Å². The van der Waals surface area contributed by atoms with E-state index in [2.05, 4.69) is 20.4 Å². The van der Waals surface area contributed by atoms with E-state index in [0.29, 0.717) is 18.7 Å². The quantitative estimate of drug-likeness (QED) is 0.436. The van der Waals surface area contributed by atoms with E-state index in [0.717, 1.165) is 23.3 Å². The number of esters is 1. The van der Waals surface area contributed by atoms with Crippen molar-refractivity contribution in [2.24, 2.45) is 10.2 Å². The minimum atomic E-state index is -4.91. The lowest BCUT2D eigenvalue weighted by Gasteiger charge is -2.28. The Morgan fingerprint density at radius 3 is 2.59 bits per heavy atom. The number of aromatic nitrogens is 2. The van der Waals surface area contributed by atoms with Crippen LogP contribution in [-0.4, -0.2) is 55.7 Å². The van der Waals surface area contributed by atoms with Crippen molar-refractivity contribution in [1.29, 1.82) is 0 Å². The number of fused-ring (bicyclic) bond motifs is 1. The van der Waals surface area contributed by atoms with Gasteiger partial charge in [-0.25, -0.2) is 13.2 Å². The van der Waals surface area contributed by atoms with Gasteiger partial charge in [0.2, 0.25) is 15.0 Å². The largest absolute Gasteiger partial charge is 0.455 e. The number of anilines is 2. The van der Waals surface area contributed by atoms with Gasteiger partial charge in [-0.05, 0) is 51.3 Å². The number of carbonyl (C=O) groups is 1. The minimum absolute atomic E-state index is 0.00816. The molecule has 0 spiro atoms. The first-order chi connectivity index (χ1) is 15.6. The number of rotatable bonds is 6. The highest BCUT2D eigenvalue weighted by Gasteiger charge is 2.35. The Labute approximate surface area is 198 Å². The molecule has 0 aliphatic carbocycles. The molecule has 1 aliphatic rings. The number of alkyl halides is 3. The zero-order chi connectivity index (χ0) is 25.3. The standard InChI is InChI=1S/C19H23F3N6O4S2/c1-18(2,3)32-16(29)15-24-26-17(33-15)25-23-12-8-11-6-5-7-28(4)14(11)9-13(12)27-34(30,31)10-19(20,21)22/h8-9,27H,5-7,10H2,1-4H3. The van der Waals surface area contributed by atoms with E-state index >= 15 is 0 Å². The van der Waals surface area contributed by atoms with Gasteiger partial charge in [-0.15, -0.1) is 20.4 Å². The molecule has 1 aromatic heterocycles. The lowest BCUT2D eigenvalue weighted by atomic mass is 10.0. The van der Waals surface area contributed by atoms with Crippen molar-refractivity contribution in [2.45, 2.75) is 45.4 Å². The van der Waals surface area contributed by atoms with Gasteiger partial charge in [-0.3, -0.25) is 4.72 Å². The fourth-order valence-electron chi connectivity index (χ4n) is 3.14. The molecule has 0 fully saturated rings. The summed E-state index contributed by atoms with van der Waals surface area (Å²) in [6.07, 6.45) is -3.39. The molecule has 34 heavy (non-hydrogen) atoms. The molecule has 15 heteroatoms. The smallest absolute Gasteiger partial charge is 0.404 e. The molecule has 1 aromatic carbocycles. The summed E-state index contributed by atoms with van der Waals surface area (Å²) >= 11 is 0.804. The number of ether oxygens (including phenoxy) is 1. The number of halogens is 3. The number of carbonyl (C=O) groups excluding carboxylic acids is 1. The van der Waals surface area contributed by atoms with Crippen molar-refractivity contribution < 1.29 is 31.1 Å². The Kier molecular flexibility index (Phi) is 7.17. The van der Waals surface area contributed by atoms with Crippen LogP contribution in [0.25, 0.3) is 0 Å². The second-order valence-electron chi connectivity index (χ2n) is 8.59. The molecule has 0 unspecified atom stereocenters. The van der Waals surface area contributed by atoms with Crippen LogP contribution in [0.2, 0.25) is 0 Å². The highest BCUT2D eigenvalue weighted by atomic mass is 32.2. The average molecular weight is 521 g/mol. The highest BCUT2D eigenvalue weighted by Crippen LogP contribution is 2.38. The van der Waals surface area contributed by atoms with Crippen molar-refractivity contribution in [3.8, 4) is 0 Å². The number of sulfonamides is 1. The topological polar surface area (TPSA) is 126 Å². The summed E-state index contributed by atoms with van der Waals surface area (Å²) in [5.41, 5.74) is 0.640. The van der Waals surface area contributed by atoms with Crippen LogP contribution in [0.4, 0.5) is 35.4 Å². The van der Waals surface area contributed by atoms with Gasteiger partial charge in [0.15, 0.2) is 5.75 Å². The molecule has 0 saturated heterocycles. The van der Waals surface area contributed by atoms with Gasteiger partial charge in [0.1, 0.15) is 11.3 Å². The second-order valence-corrected chi connectivity index (χ2v) is 11.3. The molecule has 0 atom stereocenters. The molecule has 0 saturated carbocycles. The monoisotopic (exact) mass is 520 g/mol. The SMILES string of the molecule is CN1CCCc2cc(N=Nc3nnc(C(=O)OC(C)(C)C)s3)c(NS(=O)(=O)CC(F)(F)F)cc21. The van der Waals surface area contributed by atoms with Crippen LogP contribution < -0.4 is 9.62 Å². The van der Waals surface area contributed by atoms with Crippen molar-refractivity contribution in [3.63, 3.8) is 0 Å². The van der Waals surface area contributed by atoms with Gasteiger partial charge < -0.3 is 9.64 Å². The normalized spacial score (nSPS) is 14.9. The molecule has 0 amide bonds. The fourth-order valence-corrected chi connectivity index (χ4v) is 4.69. The molecule has 186 valence electrons. The van der Waals surface area contributed by atoms with E-state index in [9.17, 15) is 26.4 Å². The third-order valence-electron chi connectivity index (χ3n) is 4.40. The van der Waals surface area contributed by atoms with Crippen molar-refractivity contribution in [2.75, 3.05) is 29.0 Å². The van der Waals surface area contributed by atoms with Crippen LogP contribution in [0, 0.1) is 0 Å². The zero-order valence-electron chi connectivity index (χ0n) is 18.8. The maximum atomic E-state index is 12.7. The fraction of sp³-hybridized carbons (Fsp3) is 0.526. The van der Waals surface area contributed by atoms with Crippen LogP contribution in [0.5, 0.6) is 0 Å². The van der Waals surface area contributed by atoms with Crippen LogP contribution >= 0.6 is 11.3 Å². The molecule has 2 heterocycles. The van der Waals surface area contributed by atoms with E-state index in [1.54, 1.807) is 33.9 Å². The Morgan fingerprint density at radius 2 is 1.94 bits per heavy atom. The molecule has 1 N–H and O–H groups in total. The Morgan fingerprint density at radius 1 is 1.24 bits per heavy atom. The summed E-state index contributed by atoms with van der Waals surface area (Å²) in [6.45, 7) is 5.80. The molecule has 3 rings (SSSR count). The molecule has 0 bridgehead atoms. The lowest BCUT2D eigenvalue weighted by Crippen LogP contribution is -2.28. The van der Waals surface area contributed by atoms with Gasteiger partial charge in [-0.1, -0.05) is 11.3 Å². The number of aryl methyl sites for hydroxylation is 1. The van der Waals surface area contributed by atoms with Crippen molar-refractivity contribution >= 4 is 49.5 Å². The average Bonchev–Trinajstić information content (AvgIpc) is 3.13. The molecule has 0 radical (unpaired) electrons. The molecule has 10 nitrogen and oxygen atoms in total. The van der Waals surface area contributed by atoms with E-state index < -0.39 is 33.5 Å². The number of nitrogens with one attached hydrogen (secondary N) is 1. The first-order valence-electron chi connectivity index (χ1n) is 10.1. The summed E-state index contributed by atoms with van der Waals surface area (Å²) in [5.74, 6) is -2.73. The summed E-state index contributed by atoms with van der Waals surface area (Å²) in [5, 5.41) is 15.3. The van der Waals surface area contributed by atoms with E-state index in [4.69, 9.17) is 4.74 Å². The molecule has 2 aromatic rings. The van der Waals surface area contributed by atoms with Gasteiger partial charge in [0.05, 0.1) is 5.69 Å². The predicted molar refractivity (Wildman–Crippen MR) is 121 cm³/mol. The van der Waals surface area contributed by atoms with E-state index in [1.165, 1.54) is 6.07 Å². The predicted octanol–water partition coefficient (Wildman–Crippen LogP) is 4.60. The number of hydrogen-bond donors (Lipinski definition) is 1. The summed E-state index contributed by atoms with van der Waals surface area (Å²) < 4.78 is 69.5. The third-order valence-corrected chi connectivity index (χ3v) is 6.42. The number of azo groups is 1. The van der Waals surface area contributed by atoms with E-state index in [-0.39, 0.29) is 21.5 Å². The second kappa shape index (κ2) is 9.44. The van der Waals surface area contributed by atoms with E-state index in [1.807, 2.05) is 9.62 Å². The first-order valence-corrected chi connectivity index (χ1v) is 12.5. The number of benzene rings is 1. The van der Waals surface area contributed by atoms with Gasteiger partial charge >= 0.3 is 12.1 Å².